The standard InChI is InChI=1S/C19H30N4O.ClH/c24-19(17-10-13-23(21-17)16-8-4-11-20-14-16)22-12-5-9-18(22)15-6-2-1-3-7-15;/h10,13,15-16,18,20H,1-9,11-12,14H2;1H. The molecule has 0 radical (unpaired) electrons. The van der Waals surface area contributed by atoms with Gasteiger partial charge in [0.2, 0.25) is 0 Å². The Balaban J connectivity index is 0.00000182. The predicted molar refractivity (Wildman–Crippen MR) is 101 cm³/mol. The number of aromatic nitrogens is 2. The summed E-state index contributed by atoms with van der Waals surface area (Å²) in [6.07, 6.45) is 13.3. The Morgan fingerprint density at radius 3 is 2.68 bits per heavy atom. The first-order valence-electron chi connectivity index (χ1n) is 9.90. The highest BCUT2D eigenvalue weighted by Crippen LogP contribution is 2.34. The fourth-order valence-corrected chi connectivity index (χ4v) is 4.92. The summed E-state index contributed by atoms with van der Waals surface area (Å²) in [7, 11) is 0. The first-order valence-corrected chi connectivity index (χ1v) is 9.90. The second-order valence-corrected chi connectivity index (χ2v) is 7.79. The minimum absolute atomic E-state index is 0. The van der Waals surface area contributed by atoms with Crippen molar-refractivity contribution < 1.29 is 4.79 Å². The van der Waals surface area contributed by atoms with Crippen LogP contribution in [0.25, 0.3) is 0 Å². The van der Waals surface area contributed by atoms with Crippen LogP contribution in [0.1, 0.15) is 74.3 Å². The molecule has 3 heterocycles. The second-order valence-electron chi connectivity index (χ2n) is 7.79. The number of carbonyl (C=O) groups is 1. The first kappa shape index (κ1) is 18.7. The molecule has 1 amide bonds. The first-order chi connectivity index (χ1) is 11.8. The van der Waals surface area contributed by atoms with Gasteiger partial charge in [-0.1, -0.05) is 19.3 Å². The van der Waals surface area contributed by atoms with Crippen molar-refractivity contribution in [1.82, 2.24) is 20.0 Å². The van der Waals surface area contributed by atoms with E-state index in [0.717, 1.165) is 38.4 Å². The Labute approximate surface area is 156 Å². The van der Waals surface area contributed by atoms with Gasteiger partial charge in [0.1, 0.15) is 5.69 Å². The van der Waals surface area contributed by atoms with Crippen LogP contribution in [0.15, 0.2) is 12.3 Å². The zero-order valence-electron chi connectivity index (χ0n) is 15.0. The number of amides is 1. The van der Waals surface area contributed by atoms with Crippen molar-refractivity contribution in [2.24, 2.45) is 5.92 Å². The molecule has 3 aliphatic rings. The van der Waals surface area contributed by atoms with Crippen LogP contribution < -0.4 is 5.32 Å². The quantitative estimate of drug-likeness (QED) is 0.891. The highest BCUT2D eigenvalue weighted by Gasteiger charge is 2.36. The number of piperidine rings is 1. The monoisotopic (exact) mass is 366 g/mol. The molecular formula is C19H31ClN4O. The number of hydrogen-bond donors (Lipinski definition) is 1. The maximum absolute atomic E-state index is 13.0. The van der Waals surface area contributed by atoms with E-state index in [-0.39, 0.29) is 18.3 Å². The lowest BCUT2D eigenvalue weighted by Gasteiger charge is -2.33. The predicted octanol–water partition coefficient (Wildman–Crippen LogP) is 3.41. The summed E-state index contributed by atoms with van der Waals surface area (Å²) >= 11 is 0. The lowest BCUT2D eigenvalue weighted by atomic mass is 9.83. The van der Waals surface area contributed by atoms with Crippen molar-refractivity contribution in [2.45, 2.75) is 69.9 Å². The van der Waals surface area contributed by atoms with Gasteiger partial charge in [0.15, 0.2) is 0 Å². The minimum atomic E-state index is 0. The van der Waals surface area contributed by atoms with Crippen LogP contribution in [0.5, 0.6) is 0 Å². The number of rotatable bonds is 3. The molecule has 1 N–H and O–H groups in total. The maximum atomic E-state index is 13.0. The Kier molecular flexibility index (Phi) is 6.39. The van der Waals surface area contributed by atoms with Crippen LogP contribution in [0.3, 0.4) is 0 Å². The third-order valence-electron chi connectivity index (χ3n) is 6.23. The van der Waals surface area contributed by atoms with Crippen molar-refractivity contribution in [3.8, 4) is 0 Å². The molecule has 1 aromatic rings. The minimum Gasteiger partial charge on any atom is -0.334 e. The van der Waals surface area contributed by atoms with Gasteiger partial charge in [0, 0.05) is 25.3 Å². The van der Waals surface area contributed by atoms with Gasteiger partial charge < -0.3 is 10.2 Å². The zero-order valence-corrected chi connectivity index (χ0v) is 15.8. The third kappa shape index (κ3) is 4.03. The molecule has 2 saturated heterocycles. The third-order valence-corrected chi connectivity index (χ3v) is 6.23. The molecule has 6 heteroatoms. The fourth-order valence-electron chi connectivity index (χ4n) is 4.92. The van der Waals surface area contributed by atoms with Gasteiger partial charge in [0.05, 0.1) is 6.04 Å². The van der Waals surface area contributed by atoms with Crippen LogP contribution in [-0.4, -0.2) is 46.3 Å². The summed E-state index contributed by atoms with van der Waals surface area (Å²) in [6, 6.07) is 2.78. The molecule has 5 nitrogen and oxygen atoms in total. The summed E-state index contributed by atoms with van der Waals surface area (Å²) in [5.74, 6) is 0.875. The molecule has 0 aromatic carbocycles. The second kappa shape index (κ2) is 8.54. The molecule has 4 rings (SSSR count). The number of hydrogen-bond acceptors (Lipinski definition) is 3. The van der Waals surface area contributed by atoms with E-state index in [2.05, 4.69) is 15.3 Å². The highest BCUT2D eigenvalue weighted by molar-refractivity contribution is 5.92. The van der Waals surface area contributed by atoms with Crippen LogP contribution in [0, 0.1) is 5.92 Å². The average molecular weight is 367 g/mol. The van der Waals surface area contributed by atoms with Gasteiger partial charge in [-0.3, -0.25) is 9.48 Å². The average Bonchev–Trinajstić information content (AvgIpc) is 3.32. The van der Waals surface area contributed by atoms with Crippen LogP contribution in [0.4, 0.5) is 0 Å². The Bertz CT molecular complexity index is 564. The van der Waals surface area contributed by atoms with Gasteiger partial charge >= 0.3 is 0 Å². The fraction of sp³-hybridized carbons (Fsp3) is 0.789. The van der Waals surface area contributed by atoms with Gasteiger partial charge in [-0.15, -0.1) is 12.4 Å². The lowest BCUT2D eigenvalue weighted by molar-refractivity contribution is 0.0654. The number of nitrogens with zero attached hydrogens (tertiary/aromatic N) is 3. The normalized spacial score (nSPS) is 27.9. The van der Waals surface area contributed by atoms with Crippen LogP contribution in [-0.2, 0) is 0 Å². The largest absolute Gasteiger partial charge is 0.334 e. The van der Waals surface area contributed by atoms with E-state index in [4.69, 9.17) is 0 Å². The van der Waals surface area contributed by atoms with E-state index in [9.17, 15) is 4.79 Å². The van der Waals surface area contributed by atoms with Crippen molar-refractivity contribution in [2.75, 3.05) is 19.6 Å². The number of nitrogens with one attached hydrogen (secondary N) is 1. The smallest absolute Gasteiger partial charge is 0.274 e. The SMILES string of the molecule is Cl.O=C(c1ccn(C2CCCNC2)n1)N1CCCC1C1CCCCC1. The maximum Gasteiger partial charge on any atom is 0.274 e. The van der Waals surface area contributed by atoms with Gasteiger partial charge in [-0.05, 0) is 57.1 Å². The molecule has 1 aliphatic carbocycles. The molecule has 2 aliphatic heterocycles. The van der Waals surface area contributed by atoms with Gasteiger partial charge in [-0.25, -0.2) is 0 Å². The molecule has 25 heavy (non-hydrogen) atoms. The van der Waals surface area contributed by atoms with E-state index in [1.165, 1.54) is 44.9 Å². The molecule has 1 saturated carbocycles. The van der Waals surface area contributed by atoms with Gasteiger partial charge in [-0.2, -0.15) is 5.10 Å². The topological polar surface area (TPSA) is 50.2 Å². The number of likely N-dealkylation sites (tertiary alicyclic amines) is 1. The molecule has 2 atom stereocenters. The molecule has 0 bridgehead atoms. The molecule has 3 fully saturated rings. The highest BCUT2D eigenvalue weighted by atomic mass is 35.5. The summed E-state index contributed by atoms with van der Waals surface area (Å²) in [4.78, 5) is 15.2. The van der Waals surface area contributed by atoms with Crippen LogP contribution >= 0.6 is 12.4 Å². The number of halogens is 1. The zero-order chi connectivity index (χ0) is 16.4. The van der Waals surface area contributed by atoms with Gasteiger partial charge in [0.25, 0.3) is 5.91 Å². The van der Waals surface area contributed by atoms with Crippen molar-refractivity contribution >= 4 is 18.3 Å². The van der Waals surface area contributed by atoms with E-state index in [1.807, 2.05) is 16.9 Å². The van der Waals surface area contributed by atoms with Crippen LogP contribution in [0.2, 0.25) is 0 Å². The number of carbonyl (C=O) groups excluding carboxylic acids is 1. The van der Waals surface area contributed by atoms with E-state index >= 15 is 0 Å². The van der Waals surface area contributed by atoms with E-state index in [0.29, 0.717) is 17.8 Å². The Hall–Kier alpha value is -1.07. The van der Waals surface area contributed by atoms with E-state index in [1.54, 1.807) is 0 Å². The summed E-state index contributed by atoms with van der Waals surface area (Å²) < 4.78 is 2.01. The molecular weight excluding hydrogens is 336 g/mol. The summed E-state index contributed by atoms with van der Waals surface area (Å²) in [5.41, 5.74) is 0.642. The molecule has 1 aromatic heterocycles. The lowest BCUT2D eigenvalue weighted by Crippen LogP contribution is -2.41. The summed E-state index contributed by atoms with van der Waals surface area (Å²) in [6.45, 7) is 2.97. The van der Waals surface area contributed by atoms with Crippen molar-refractivity contribution in [3.63, 3.8) is 0 Å². The Morgan fingerprint density at radius 2 is 1.92 bits per heavy atom. The summed E-state index contributed by atoms with van der Waals surface area (Å²) in [5, 5.41) is 8.06. The van der Waals surface area contributed by atoms with Crippen molar-refractivity contribution in [1.29, 1.82) is 0 Å². The molecule has 2 unspecified atom stereocenters. The molecule has 0 spiro atoms. The van der Waals surface area contributed by atoms with Crippen molar-refractivity contribution in [3.05, 3.63) is 18.0 Å². The Morgan fingerprint density at radius 1 is 1.08 bits per heavy atom. The molecule has 140 valence electrons. The van der Waals surface area contributed by atoms with E-state index < -0.39 is 0 Å².